The number of halogens is 2. The molecule has 0 aliphatic heterocycles. The van der Waals surface area contributed by atoms with E-state index in [0.29, 0.717) is 22.4 Å². The van der Waals surface area contributed by atoms with Crippen molar-refractivity contribution in [2.45, 2.75) is 30.1 Å². The van der Waals surface area contributed by atoms with E-state index in [4.69, 9.17) is 23.2 Å². The summed E-state index contributed by atoms with van der Waals surface area (Å²) in [6.45, 7) is 0. The molecule has 3 atom stereocenters. The Morgan fingerprint density at radius 1 is 1.31 bits per heavy atom. The molecule has 1 saturated carbocycles. The number of alkyl halides is 1. The number of aromatic nitrogens is 1. The summed E-state index contributed by atoms with van der Waals surface area (Å²) < 4.78 is 0. The fourth-order valence-corrected chi connectivity index (χ4v) is 3.30. The minimum atomic E-state index is 0.320. The van der Waals surface area contributed by atoms with Crippen LogP contribution in [0.25, 0.3) is 0 Å². The predicted octanol–water partition coefficient (Wildman–Crippen LogP) is 3.32. The second kappa shape index (κ2) is 2.61. The lowest BCUT2D eigenvalue weighted by Crippen LogP contribution is -2.10. The van der Waals surface area contributed by atoms with E-state index in [1.165, 1.54) is 17.5 Å². The Balaban J connectivity index is 2.16. The van der Waals surface area contributed by atoms with Crippen LogP contribution >= 0.6 is 23.2 Å². The average molecular weight is 214 g/mol. The van der Waals surface area contributed by atoms with Crippen molar-refractivity contribution in [3.63, 3.8) is 0 Å². The predicted molar refractivity (Wildman–Crippen MR) is 53.6 cm³/mol. The summed E-state index contributed by atoms with van der Waals surface area (Å²) in [6, 6.07) is 2.00. The van der Waals surface area contributed by atoms with E-state index in [-0.39, 0.29) is 0 Å². The first kappa shape index (κ1) is 8.07. The van der Waals surface area contributed by atoms with Crippen LogP contribution in [-0.2, 0) is 0 Å². The smallest absolute Gasteiger partial charge is 0.129 e. The summed E-state index contributed by atoms with van der Waals surface area (Å²) >= 11 is 12.1. The fourth-order valence-electron chi connectivity index (χ4n) is 2.68. The topological polar surface area (TPSA) is 12.9 Å². The highest BCUT2D eigenvalue weighted by Crippen LogP contribution is 2.54. The van der Waals surface area contributed by atoms with Crippen molar-refractivity contribution < 1.29 is 0 Å². The van der Waals surface area contributed by atoms with Crippen LogP contribution in [0.5, 0.6) is 0 Å². The van der Waals surface area contributed by atoms with Gasteiger partial charge >= 0.3 is 0 Å². The van der Waals surface area contributed by atoms with Crippen LogP contribution in [0.15, 0.2) is 12.3 Å². The lowest BCUT2D eigenvalue weighted by molar-refractivity contribution is 0.722. The first-order valence-corrected chi connectivity index (χ1v) is 5.36. The molecular weight excluding hydrogens is 205 g/mol. The van der Waals surface area contributed by atoms with Crippen molar-refractivity contribution >= 4 is 23.2 Å². The second-order valence-corrected chi connectivity index (χ2v) is 4.87. The van der Waals surface area contributed by atoms with Crippen molar-refractivity contribution in [3.05, 3.63) is 28.5 Å². The number of fused-ring (bicyclic) bond motifs is 5. The number of hydrogen-bond acceptors (Lipinski definition) is 1. The number of nitrogens with zero attached hydrogens (tertiary/aromatic N) is 1. The summed E-state index contributed by atoms with van der Waals surface area (Å²) in [7, 11) is 0. The monoisotopic (exact) mass is 213 g/mol. The summed E-state index contributed by atoms with van der Waals surface area (Å²) in [5.74, 6) is 1.18. The molecule has 1 aromatic heterocycles. The van der Waals surface area contributed by atoms with Gasteiger partial charge in [-0.05, 0) is 36.0 Å². The van der Waals surface area contributed by atoms with Crippen molar-refractivity contribution in [1.82, 2.24) is 4.98 Å². The molecule has 3 heteroatoms. The van der Waals surface area contributed by atoms with E-state index in [9.17, 15) is 0 Å². The van der Waals surface area contributed by atoms with E-state index in [2.05, 4.69) is 4.98 Å². The minimum absolute atomic E-state index is 0.320. The molecule has 3 unspecified atom stereocenters. The van der Waals surface area contributed by atoms with Crippen LogP contribution in [0.3, 0.4) is 0 Å². The van der Waals surface area contributed by atoms with Gasteiger partial charge in [0.2, 0.25) is 0 Å². The molecule has 0 radical (unpaired) electrons. The first-order chi connectivity index (χ1) is 6.25. The molecule has 2 bridgehead atoms. The van der Waals surface area contributed by atoms with E-state index >= 15 is 0 Å². The Morgan fingerprint density at radius 2 is 2.15 bits per heavy atom. The van der Waals surface area contributed by atoms with Gasteiger partial charge in [-0.2, -0.15) is 0 Å². The number of hydrogen-bond donors (Lipinski definition) is 0. The van der Waals surface area contributed by atoms with Crippen molar-refractivity contribution in [3.8, 4) is 0 Å². The van der Waals surface area contributed by atoms with E-state index in [0.717, 1.165) is 6.42 Å². The summed E-state index contributed by atoms with van der Waals surface area (Å²) in [5, 5.41) is 0.929. The van der Waals surface area contributed by atoms with Crippen molar-refractivity contribution in [2.24, 2.45) is 0 Å². The van der Waals surface area contributed by atoms with Gasteiger partial charge < -0.3 is 0 Å². The molecule has 68 valence electrons. The summed E-state index contributed by atoms with van der Waals surface area (Å²) in [4.78, 5) is 4.11. The highest BCUT2D eigenvalue weighted by Gasteiger charge is 2.43. The molecule has 2 aliphatic rings. The summed E-state index contributed by atoms with van der Waals surface area (Å²) in [6.07, 6.45) is 4.21. The van der Waals surface area contributed by atoms with Gasteiger partial charge in [0.05, 0.1) is 0 Å². The van der Waals surface area contributed by atoms with Gasteiger partial charge in [-0.3, -0.25) is 0 Å². The zero-order valence-electron chi connectivity index (χ0n) is 7.00. The first-order valence-electron chi connectivity index (χ1n) is 4.55. The SMILES string of the molecule is Clc1cc2c(cn1)C1CC2CC1Cl. The Bertz CT molecular complexity index is 364. The van der Waals surface area contributed by atoms with Gasteiger partial charge in [-0.15, -0.1) is 11.6 Å². The zero-order chi connectivity index (χ0) is 9.00. The van der Waals surface area contributed by atoms with Gasteiger partial charge in [0.15, 0.2) is 0 Å². The van der Waals surface area contributed by atoms with Gasteiger partial charge in [-0.25, -0.2) is 4.98 Å². The molecule has 0 spiro atoms. The zero-order valence-corrected chi connectivity index (χ0v) is 8.52. The Kier molecular flexibility index (Phi) is 1.62. The molecule has 13 heavy (non-hydrogen) atoms. The molecule has 3 rings (SSSR count). The van der Waals surface area contributed by atoms with Gasteiger partial charge in [-0.1, -0.05) is 11.6 Å². The molecule has 1 nitrogen and oxygen atoms in total. The average Bonchev–Trinajstić information content (AvgIpc) is 2.61. The highest BCUT2D eigenvalue weighted by atomic mass is 35.5. The molecule has 1 fully saturated rings. The van der Waals surface area contributed by atoms with Gasteiger partial charge in [0.1, 0.15) is 5.15 Å². The lowest BCUT2D eigenvalue weighted by atomic mass is 9.93. The largest absolute Gasteiger partial charge is 0.244 e. The van der Waals surface area contributed by atoms with Crippen molar-refractivity contribution in [2.75, 3.05) is 0 Å². The van der Waals surface area contributed by atoms with E-state index in [1.54, 1.807) is 0 Å². The van der Waals surface area contributed by atoms with E-state index in [1.807, 2.05) is 12.3 Å². The van der Waals surface area contributed by atoms with Gasteiger partial charge in [0.25, 0.3) is 0 Å². The van der Waals surface area contributed by atoms with Crippen LogP contribution < -0.4 is 0 Å². The Labute approximate surface area is 87.1 Å². The normalized spacial score (nSPS) is 35.1. The number of rotatable bonds is 0. The molecule has 0 aromatic carbocycles. The van der Waals surface area contributed by atoms with Crippen LogP contribution in [0.4, 0.5) is 0 Å². The third kappa shape index (κ3) is 1.04. The molecule has 0 saturated heterocycles. The van der Waals surface area contributed by atoms with Crippen LogP contribution in [0.1, 0.15) is 35.8 Å². The molecule has 1 heterocycles. The van der Waals surface area contributed by atoms with Crippen molar-refractivity contribution in [1.29, 1.82) is 0 Å². The van der Waals surface area contributed by atoms with Crippen LogP contribution in [-0.4, -0.2) is 10.4 Å². The van der Waals surface area contributed by atoms with E-state index < -0.39 is 0 Å². The third-order valence-electron chi connectivity index (χ3n) is 3.26. The molecule has 2 aliphatic carbocycles. The molecule has 1 aromatic rings. The maximum absolute atomic E-state index is 6.22. The summed E-state index contributed by atoms with van der Waals surface area (Å²) in [5.41, 5.74) is 2.72. The lowest BCUT2D eigenvalue weighted by Gasteiger charge is -2.18. The standard InChI is InChI=1S/C10H9Cl2N/c11-9-2-5-1-7(9)8-4-13-10(12)3-6(5)8/h3-5,7,9H,1-2H2. The third-order valence-corrected chi connectivity index (χ3v) is 3.95. The maximum atomic E-state index is 6.22. The molecule has 0 amide bonds. The minimum Gasteiger partial charge on any atom is -0.244 e. The fraction of sp³-hybridized carbons (Fsp3) is 0.500. The Hall–Kier alpha value is -0.270. The number of pyridine rings is 1. The Morgan fingerprint density at radius 3 is 3.00 bits per heavy atom. The van der Waals surface area contributed by atoms with Gasteiger partial charge in [0, 0.05) is 17.5 Å². The quantitative estimate of drug-likeness (QED) is 0.476. The molecular formula is C10H9Cl2N. The van der Waals surface area contributed by atoms with Crippen LogP contribution in [0.2, 0.25) is 5.15 Å². The molecule has 0 N–H and O–H groups in total. The van der Waals surface area contributed by atoms with Crippen LogP contribution in [0, 0.1) is 0 Å². The second-order valence-electron chi connectivity index (χ2n) is 3.93. The maximum Gasteiger partial charge on any atom is 0.129 e. The highest BCUT2D eigenvalue weighted by molar-refractivity contribution is 6.29.